The number of nitrogens with one attached hydrogen (secondary N) is 1. The van der Waals surface area contributed by atoms with Crippen LogP contribution in [-0.2, 0) is 11.2 Å². The fourth-order valence-corrected chi connectivity index (χ4v) is 3.17. The Hall–Kier alpha value is -2.27. The van der Waals surface area contributed by atoms with Crippen LogP contribution in [0.15, 0.2) is 43.0 Å². The average molecular weight is 296 g/mol. The van der Waals surface area contributed by atoms with Gasteiger partial charge in [-0.3, -0.25) is 4.79 Å². The number of carbonyl (C=O) groups excluding carboxylic acids is 1. The SMILES string of the molecule is NC(=O)[C@@]1(Cc2ccccc2-c2cncnc2)CCCNC1. The van der Waals surface area contributed by atoms with Crippen molar-refractivity contribution in [2.75, 3.05) is 13.1 Å². The third-order valence-electron chi connectivity index (χ3n) is 4.41. The lowest BCUT2D eigenvalue weighted by molar-refractivity contribution is -0.128. The molecule has 0 unspecified atom stereocenters. The molecule has 2 heterocycles. The van der Waals surface area contributed by atoms with E-state index in [4.69, 9.17) is 5.73 Å². The van der Waals surface area contributed by atoms with Crippen LogP contribution in [0.5, 0.6) is 0 Å². The predicted octanol–water partition coefficient (Wildman–Crippen LogP) is 1.54. The number of hydrogen-bond donors (Lipinski definition) is 2. The molecule has 0 saturated carbocycles. The number of piperidine rings is 1. The number of amides is 1. The molecule has 3 rings (SSSR count). The van der Waals surface area contributed by atoms with Crippen molar-refractivity contribution >= 4 is 5.91 Å². The number of hydrogen-bond acceptors (Lipinski definition) is 4. The highest BCUT2D eigenvalue weighted by Crippen LogP contribution is 2.34. The van der Waals surface area contributed by atoms with Crippen molar-refractivity contribution in [3.63, 3.8) is 0 Å². The summed E-state index contributed by atoms with van der Waals surface area (Å²) in [6.07, 6.45) is 7.54. The average Bonchev–Trinajstić information content (AvgIpc) is 2.57. The molecule has 1 amide bonds. The van der Waals surface area contributed by atoms with Gasteiger partial charge in [-0.2, -0.15) is 0 Å². The molecular formula is C17H20N4O. The lowest BCUT2D eigenvalue weighted by Gasteiger charge is -2.35. The molecule has 0 bridgehead atoms. The second-order valence-electron chi connectivity index (χ2n) is 5.89. The van der Waals surface area contributed by atoms with Crippen LogP contribution in [0.3, 0.4) is 0 Å². The van der Waals surface area contributed by atoms with Gasteiger partial charge in [0, 0.05) is 24.5 Å². The van der Waals surface area contributed by atoms with Crippen molar-refractivity contribution < 1.29 is 4.79 Å². The monoisotopic (exact) mass is 296 g/mol. The van der Waals surface area contributed by atoms with Crippen LogP contribution < -0.4 is 11.1 Å². The number of carbonyl (C=O) groups is 1. The molecular weight excluding hydrogens is 276 g/mol. The van der Waals surface area contributed by atoms with Crippen molar-refractivity contribution in [2.45, 2.75) is 19.3 Å². The fourth-order valence-electron chi connectivity index (χ4n) is 3.17. The minimum atomic E-state index is -0.510. The first-order valence-corrected chi connectivity index (χ1v) is 7.55. The lowest BCUT2D eigenvalue weighted by atomic mass is 9.74. The summed E-state index contributed by atoms with van der Waals surface area (Å²) in [5.74, 6) is -0.223. The number of rotatable bonds is 4. The van der Waals surface area contributed by atoms with Gasteiger partial charge in [-0.1, -0.05) is 24.3 Å². The molecule has 1 aromatic heterocycles. The predicted molar refractivity (Wildman–Crippen MR) is 84.9 cm³/mol. The Morgan fingerprint density at radius 1 is 1.27 bits per heavy atom. The first-order chi connectivity index (χ1) is 10.7. The zero-order chi connectivity index (χ0) is 15.4. The van der Waals surface area contributed by atoms with E-state index in [0.29, 0.717) is 13.0 Å². The first kappa shape index (κ1) is 14.7. The Bertz CT molecular complexity index is 651. The van der Waals surface area contributed by atoms with E-state index < -0.39 is 5.41 Å². The van der Waals surface area contributed by atoms with E-state index in [1.54, 1.807) is 12.4 Å². The Morgan fingerprint density at radius 3 is 2.73 bits per heavy atom. The minimum absolute atomic E-state index is 0.223. The quantitative estimate of drug-likeness (QED) is 0.897. The second kappa shape index (κ2) is 6.23. The maximum Gasteiger partial charge on any atom is 0.225 e. The van der Waals surface area contributed by atoms with Crippen molar-refractivity contribution in [1.29, 1.82) is 0 Å². The smallest absolute Gasteiger partial charge is 0.225 e. The largest absolute Gasteiger partial charge is 0.369 e. The molecule has 0 spiro atoms. The molecule has 1 fully saturated rings. The number of nitrogens with zero attached hydrogens (tertiary/aromatic N) is 2. The maximum atomic E-state index is 12.1. The van der Waals surface area contributed by atoms with Gasteiger partial charge in [0.2, 0.25) is 5.91 Å². The van der Waals surface area contributed by atoms with Gasteiger partial charge >= 0.3 is 0 Å². The van der Waals surface area contributed by atoms with Gasteiger partial charge in [-0.05, 0) is 36.9 Å². The summed E-state index contributed by atoms with van der Waals surface area (Å²) in [4.78, 5) is 20.3. The van der Waals surface area contributed by atoms with Crippen LogP contribution in [0.2, 0.25) is 0 Å². The van der Waals surface area contributed by atoms with Crippen molar-refractivity contribution in [1.82, 2.24) is 15.3 Å². The molecule has 0 aliphatic carbocycles. The van der Waals surface area contributed by atoms with Gasteiger partial charge in [-0.25, -0.2) is 9.97 Å². The van der Waals surface area contributed by atoms with Gasteiger partial charge in [-0.15, -0.1) is 0 Å². The zero-order valence-electron chi connectivity index (χ0n) is 12.5. The Balaban J connectivity index is 1.97. The molecule has 2 aromatic rings. The van der Waals surface area contributed by atoms with Gasteiger partial charge in [0.25, 0.3) is 0 Å². The molecule has 1 aliphatic rings. The Kier molecular flexibility index (Phi) is 4.15. The van der Waals surface area contributed by atoms with Crippen molar-refractivity contribution in [3.8, 4) is 11.1 Å². The summed E-state index contributed by atoms with van der Waals surface area (Å²) >= 11 is 0. The van der Waals surface area contributed by atoms with Crippen LogP contribution in [0.25, 0.3) is 11.1 Å². The minimum Gasteiger partial charge on any atom is -0.369 e. The fraction of sp³-hybridized carbons (Fsp3) is 0.353. The van der Waals surface area contributed by atoms with E-state index in [9.17, 15) is 4.79 Å². The van der Waals surface area contributed by atoms with E-state index >= 15 is 0 Å². The molecule has 1 saturated heterocycles. The lowest BCUT2D eigenvalue weighted by Crippen LogP contribution is -2.50. The standard InChI is InChI=1S/C17H20N4O/c18-16(22)17(6-3-7-19-11-17)8-13-4-1-2-5-15(13)14-9-20-12-21-10-14/h1-2,4-5,9-10,12,19H,3,6-8,11H2,(H2,18,22)/t17-/m1/s1. The highest BCUT2D eigenvalue weighted by molar-refractivity contribution is 5.82. The molecule has 5 heteroatoms. The maximum absolute atomic E-state index is 12.1. The molecule has 1 aliphatic heterocycles. The van der Waals surface area contributed by atoms with E-state index in [2.05, 4.69) is 21.4 Å². The first-order valence-electron chi connectivity index (χ1n) is 7.55. The summed E-state index contributed by atoms with van der Waals surface area (Å²) in [6.45, 7) is 1.59. The summed E-state index contributed by atoms with van der Waals surface area (Å²) < 4.78 is 0. The number of benzene rings is 1. The number of primary amides is 1. The topological polar surface area (TPSA) is 80.9 Å². The summed E-state index contributed by atoms with van der Waals surface area (Å²) in [5, 5.41) is 3.31. The Labute approximate surface area is 130 Å². The van der Waals surface area contributed by atoms with E-state index in [0.717, 1.165) is 36.1 Å². The van der Waals surface area contributed by atoms with E-state index in [1.807, 2.05) is 18.2 Å². The summed E-state index contributed by atoms with van der Waals surface area (Å²) in [7, 11) is 0. The van der Waals surface area contributed by atoms with Crippen LogP contribution in [-0.4, -0.2) is 29.0 Å². The summed E-state index contributed by atoms with van der Waals surface area (Å²) in [6, 6.07) is 8.08. The van der Waals surface area contributed by atoms with Gasteiger partial charge in [0.05, 0.1) is 5.41 Å². The third kappa shape index (κ3) is 2.85. The molecule has 3 N–H and O–H groups in total. The molecule has 5 nitrogen and oxygen atoms in total. The number of aromatic nitrogens is 2. The van der Waals surface area contributed by atoms with Crippen LogP contribution in [0.4, 0.5) is 0 Å². The van der Waals surface area contributed by atoms with Gasteiger partial charge in [0.15, 0.2) is 0 Å². The van der Waals surface area contributed by atoms with Crippen LogP contribution >= 0.6 is 0 Å². The van der Waals surface area contributed by atoms with Crippen LogP contribution in [0, 0.1) is 5.41 Å². The van der Waals surface area contributed by atoms with Gasteiger partial charge < -0.3 is 11.1 Å². The molecule has 114 valence electrons. The highest BCUT2D eigenvalue weighted by Gasteiger charge is 2.38. The third-order valence-corrected chi connectivity index (χ3v) is 4.41. The Morgan fingerprint density at radius 2 is 2.05 bits per heavy atom. The zero-order valence-corrected chi connectivity index (χ0v) is 12.5. The number of nitrogens with two attached hydrogens (primary N) is 1. The van der Waals surface area contributed by atoms with Gasteiger partial charge in [0.1, 0.15) is 6.33 Å². The molecule has 1 atom stereocenters. The van der Waals surface area contributed by atoms with E-state index in [-0.39, 0.29) is 5.91 Å². The molecule has 1 aromatic carbocycles. The molecule has 0 radical (unpaired) electrons. The molecule has 22 heavy (non-hydrogen) atoms. The highest BCUT2D eigenvalue weighted by atomic mass is 16.1. The van der Waals surface area contributed by atoms with E-state index in [1.165, 1.54) is 6.33 Å². The second-order valence-corrected chi connectivity index (χ2v) is 5.89. The normalized spacial score (nSPS) is 21.5. The van der Waals surface area contributed by atoms with Crippen molar-refractivity contribution in [3.05, 3.63) is 48.5 Å². The summed E-state index contributed by atoms with van der Waals surface area (Å²) in [5.41, 5.74) is 8.36. The van der Waals surface area contributed by atoms with Crippen molar-refractivity contribution in [2.24, 2.45) is 11.1 Å². The van der Waals surface area contributed by atoms with Crippen LogP contribution in [0.1, 0.15) is 18.4 Å².